The standard InChI is InChI=1S/C13H24N6O2/c1-4-10-17-12(9(2)13(18-10)19-14)16-6-5-11(20)15-7-8-21-3/h4-8,14H2,1-3H3,(H,15,20)(H2,16,17,18,19). The summed E-state index contributed by atoms with van der Waals surface area (Å²) in [5, 5.41) is 5.91. The summed E-state index contributed by atoms with van der Waals surface area (Å²) in [6.45, 7) is 5.36. The molecule has 118 valence electrons. The molecule has 1 amide bonds. The van der Waals surface area contributed by atoms with Gasteiger partial charge in [0, 0.05) is 38.6 Å². The van der Waals surface area contributed by atoms with Crippen molar-refractivity contribution in [3.8, 4) is 0 Å². The maximum atomic E-state index is 11.6. The van der Waals surface area contributed by atoms with Crippen LogP contribution in [0.4, 0.5) is 11.6 Å². The second-order valence-electron chi connectivity index (χ2n) is 4.48. The Labute approximate surface area is 124 Å². The van der Waals surface area contributed by atoms with Gasteiger partial charge in [-0.15, -0.1) is 0 Å². The summed E-state index contributed by atoms with van der Waals surface area (Å²) in [7, 11) is 1.60. The molecule has 0 atom stereocenters. The third kappa shape index (κ3) is 5.52. The molecule has 0 fully saturated rings. The Morgan fingerprint density at radius 2 is 2.00 bits per heavy atom. The number of nitrogens with one attached hydrogen (secondary N) is 3. The highest BCUT2D eigenvalue weighted by Crippen LogP contribution is 2.19. The third-order valence-corrected chi connectivity index (χ3v) is 2.92. The highest BCUT2D eigenvalue weighted by Gasteiger charge is 2.09. The van der Waals surface area contributed by atoms with E-state index in [9.17, 15) is 4.79 Å². The van der Waals surface area contributed by atoms with Gasteiger partial charge < -0.3 is 20.8 Å². The van der Waals surface area contributed by atoms with Gasteiger partial charge in [-0.3, -0.25) is 4.79 Å². The fourth-order valence-corrected chi connectivity index (χ4v) is 1.71. The highest BCUT2D eigenvalue weighted by molar-refractivity contribution is 5.76. The van der Waals surface area contributed by atoms with Crippen LogP contribution >= 0.6 is 0 Å². The minimum Gasteiger partial charge on any atom is -0.383 e. The lowest BCUT2D eigenvalue weighted by atomic mass is 10.3. The van der Waals surface area contributed by atoms with Gasteiger partial charge in [0.15, 0.2) is 0 Å². The van der Waals surface area contributed by atoms with Crippen molar-refractivity contribution in [2.45, 2.75) is 26.7 Å². The van der Waals surface area contributed by atoms with Gasteiger partial charge in [0.1, 0.15) is 17.5 Å². The number of ether oxygens (including phenoxy) is 1. The van der Waals surface area contributed by atoms with E-state index < -0.39 is 0 Å². The number of rotatable bonds is 9. The van der Waals surface area contributed by atoms with E-state index in [0.717, 1.165) is 5.56 Å². The van der Waals surface area contributed by atoms with Crippen molar-refractivity contribution in [2.75, 3.05) is 37.5 Å². The van der Waals surface area contributed by atoms with Crippen LogP contribution in [0.25, 0.3) is 0 Å². The smallest absolute Gasteiger partial charge is 0.221 e. The lowest BCUT2D eigenvalue weighted by Gasteiger charge is -2.13. The molecule has 0 unspecified atom stereocenters. The Balaban J connectivity index is 2.53. The van der Waals surface area contributed by atoms with Crippen LogP contribution in [-0.2, 0) is 16.0 Å². The maximum Gasteiger partial charge on any atom is 0.221 e. The first-order valence-electron chi connectivity index (χ1n) is 6.96. The largest absolute Gasteiger partial charge is 0.383 e. The predicted molar refractivity (Wildman–Crippen MR) is 81.9 cm³/mol. The molecule has 0 spiro atoms. The van der Waals surface area contributed by atoms with Crippen molar-refractivity contribution in [3.63, 3.8) is 0 Å². The minimum atomic E-state index is -0.0286. The fourth-order valence-electron chi connectivity index (χ4n) is 1.71. The molecule has 0 aliphatic rings. The van der Waals surface area contributed by atoms with Crippen LogP contribution in [0.3, 0.4) is 0 Å². The number of nitrogen functional groups attached to an aromatic ring is 1. The molecule has 0 aliphatic heterocycles. The van der Waals surface area contributed by atoms with Crippen molar-refractivity contribution >= 4 is 17.5 Å². The fraction of sp³-hybridized carbons (Fsp3) is 0.615. The van der Waals surface area contributed by atoms with Gasteiger partial charge in [0.25, 0.3) is 0 Å². The molecule has 8 heteroatoms. The van der Waals surface area contributed by atoms with Crippen LogP contribution in [0.15, 0.2) is 0 Å². The molecule has 0 radical (unpaired) electrons. The van der Waals surface area contributed by atoms with E-state index in [0.29, 0.717) is 50.0 Å². The zero-order chi connectivity index (χ0) is 15.7. The number of nitrogens with zero attached hydrogens (tertiary/aromatic N) is 2. The number of aryl methyl sites for hydroxylation is 1. The number of methoxy groups -OCH3 is 1. The summed E-state index contributed by atoms with van der Waals surface area (Å²) in [4.78, 5) is 20.3. The monoisotopic (exact) mass is 296 g/mol. The Morgan fingerprint density at radius 3 is 2.62 bits per heavy atom. The van der Waals surface area contributed by atoms with Crippen molar-refractivity contribution in [2.24, 2.45) is 5.84 Å². The molecule has 0 aromatic carbocycles. The molecule has 21 heavy (non-hydrogen) atoms. The first kappa shape index (κ1) is 17.1. The van der Waals surface area contributed by atoms with E-state index in [-0.39, 0.29) is 5.91 Å². The quantitative estimate of drug-likeness (QED) is 0.292. The second kappa shape index (κ2) is 9.09. The van der Waals surface area contributed by atoms with Gasteiger partial charge >= 0.3 is 0 Å². The van der Waals surface area contributed by atoms with E-state index in [1.54, 1.807) is 7.11 Å². The summed E-state index contributed by atoms with van der Waals surface area (Å²) in [5.41, 5.74) is 3.39. The number of carbonyl (C=O) groups excluding carboxylic acids is 1. The van der Waals surface area contributed by atoms with E-state index in [4.69, 9.17) is 10.6 Å². The Morgan fingerprint density at radius 1 is 1.29 bits per heavy atom. The van der Waals surface area contributed by atoms with Crippen LogP contribution in [0.1, 0.15) is 24.7 Å². The van der Waals surface area contributed by atoms with Crippen LogP contribution in [-0.4, -0.2) is 42.7 Å². The zero-order valence-electron chi connectivity index (χ0n) is 12.8. The van der Waals surface area contributed by atoms with Crippen molar-refractivity contribution in [1.82, 2.24) is 15.3 Å². The molecule has 0 aliphatic carbocycles. The lowest BCUT2D eigenvalue weighted by molar-refractivity contribution is -0.121. The second-order valence-corrected chi connectivity index (χ2v) is 4.48. The van der Waals surface area contributed by atoms with E-state index in [1.165, 1.54) is 0 Å². The predicted octanol–water partition coefficient (Wildman–Crippen LogP) is 0.198. The maximum absolute atomic E-state index is 11.6. The van der Waals surface area contributed by atoms with Gasteiger partial charge in [-0.2, -0.15) is 0 Å². The van der Waals surface area contributed by atoms with Gasteiger partial charge in [0.2, 0.25) is 5.91 Å². The first-order valence-corrected chi connectivity index (χ1v) is 6.96. The summed E-state index contributed by atoms with van der Waals surface area (Å²) >= 11 is 0. The Kier molecular flexibility index (Phi) is 7.41. The number of carbonyl (C=O) groups is 1. The molecule has 0 saturated carbocycles. The third-order valence-electron chi connectivity index (χ3n) is 2.92. The lowest BCUT2D eigenvalue weighted by Crippen LogP contribution is -2.28. The van der Waals surface area contributed by atoms with E-state index >= 15 is 0 Å². The van der Waals surface area contributed by atoms with E-state index in [2.05, 4.69) is 26.0 Å². The SMILES string of the molecule is CCc1nc(NN)c(C)c(NCCC(=O)NCCOC)n1. The van der Waals surface area contributed by atoms with Gasteiger partial charge in [-0.1, -0.05) is 6.92 Å². The molecule has 8 nitrogen and oxygen atoms in total. The normalized spacial score (nSPS) is 10.3. The average Bonchev–Trinajstić information content (AvgIpc) is 2.49. The van der Waals surface area contributed by atoms with Gasteiger partial charge in [-0.05, 0) is 6.92 Å². The van der Waals surface area contributed by atoms with Crippen molar-refractivity contribution in [1.29, 1.82) is 0 Å². The summed E-state index contributed by atoms with van der Waals surface area (Å²) in [5.74, 6) is 7.40. The first-order chi connectivity index (χ1) is 10.1. The zero-order valence-corrected chi connectivity index (χ0v) is 12.8. The molecule has 1 aromatic heterocycles. The van der Waals surface area contributed by atoms with Crippen LogP contribution in [0.5, 0.6) is 0 Å². The molecule has 1 aromatic rings. The number of hydrogen-bond donors (Lipinski definition) is 4. The van der Waals surface area contributed by atoms with Gasteiger partial charge in [0.05, 0.1) is 6.61 Å². The molecule has 5 N–H and O–H groups in total. The number of amides is 1. The van der Waals surface area contributed by atoms with Crippen molar-refractivity contribution < 1.29 is 9.53 Å². The highest BCUT2D eigenvalue weighted by atomic mass is 16.5. The molecular weight excluding hydrogens is 272 g/mol. The number of aromatic nitrogens is 2. The molecule has 0 saturated heterocycles. The average molecular weight is 296 g/mol. The topological polar surface area (TPSA) is 114 Å². The number of anilines is 2. The molecular formula is C13H24N6O2. The number of hydrogen-bond acceptors (Lipinski definition) is 7. The van der Waals surface area contributed by atoms with Crippen LogP contribution < -0.4 is 21.9 Å². The summed E-state index contributed by atoms with van der Waals surface area (Å²) in [6, 6.07) is 0. The van der Waals surface area contributed by atoms with Gasteiger partial charge in [-0.25, -0.2) is 15.8 Å². The van der Waals surface area contributed by atoms with Crippen LogP contribution in [0.2, 0.25) is 0 Å². The number of hydrazine groups is 1. The molecule has 0 bridgehead atoms. The Hall–Kier alpha value is -1.93. The van der Waals surface area contributed by atoms with Crippen LogP contribution in [0, 0.1) is 6.92 Å². The molecule has 1 rings (SSSR count). The Bertz CT molecular complexity index is 466. The van der Waals surface area contributed by atoms with E-state index in [1.807, 2.05) is 13.8 Å². The summed E-state index contributed by atoms with van der Waals surface area (Å²) < 4.78 is 4.87. The number of nitrogens with two attached hydrogens (primary N) is 1. The molecule has 1 heterocycles. The minimum absolute atomic E-state index is 0.0286. The summed E-state index contributed by atoms with van der Waals surface area (Å²) in [6.07, 6.45) is 1.07. The van der Waals surface area contributed by atoms with Crippen molar-refractivity contribution in [3.05, 3.63) is 11.4 Å².